The van der Waals surface area contributed by atoms with Crippen LogP contribution in [0.5, 0.6) is 5.75 Å². The van der Waals surface area contributed by atoms with Gasteiger partial charge in [0.2, 0.25) is 5.91 Å². The molecule has 0 saturated carbocycles. The Morgan fingerprint density at radius 1 is 1.16 bits per heavy atom. The van der Waals surface area contributed by atoms with Gasteiger partial charge in [0.25, 0.3) is 0 Å². The first-order chi connectivity index (χ1) is 12.1. The molecule has 5 nitrogen and oxygen atoms in total. The van der Waals surface area contributed by atoms with Crippen molar-refractivity contribution in [1.29, 1.82) is 0 Å². The highest BCUT2D eigenvalue weighted by atomic mass is 19.1. The first-order valence-corrected chi connectivity index (χ1v) is 8.33. The molecule has 2 N–H and O–H groups in total. The van der Waals surface area contributed by atoms with E-state index in [-0.39, 0.29) is 30.3 Å². The van der Waals surface area contributed by atoms with E-state index in [1.54, 1.807) is 30.1 Å². The van der Waals surface area contributed by atoms with Crippen LogP contribution >= 0.6 is 0 Å². The molecule has 2 atom stereocenters. The van der Waals surface area contributed by atoms with Crippen LogP contribution in [0.3, 0.4) is 0 Å². The summed E-state index contributed by atoms with van der Waals surface area (Å²) >= 11 is 0. The van der Waals surface area contributed by atoms with Crippen LogP contribution in [0.2, 0.25) is 0 Å². The molecule has 0 radical (unpaired) electrons. The molecule has 2 aromatic rings. The van der Waals surface area contributed by atoms with Crippen molar-refractivity contribution < 1.29 is 13.9 Å². The van der Waals surface area contributed by atoms with Gasteiger partial charge in [-0.3, -0.25) is 4.79 Å². The summed E-state index contributed by atoms with van der Waals surface area (Å²) in [6.07, 6.45) is 0.682. The highest BCUT2D eigenvalue weighted by Gasteiger charge is 2.31. The van der Waals surface area contributed by atoms with Crippen molar-refractivity contribution in [3.63, 3.8) is 0 Å². The molecule has 25 heavy (non-hydrogen) atoms. The zero-order valence-corrected chi connectivity index (χ0v) is 14.1. The first kappa shape index (κ1) is 17.4. The Kier molecular flexibility index (Phi) is 5.63. The normalized spacial score (nSPS) is 19.6. The molecule has 1 amide bonds. The van der Waals surface area contributed by atoms with Crippen LogP contribution in [0.15, 0.2) is 54.6 Å². The van der Waals surface area contributed by atoms with Gasteiger partial charge in [-0.25, -0.2) is 15.2 Å². The maximum atomic E-state index is 13.5. The standard InChI is InChI=1S/C19H22FN3O2/c1-23(11-12-25-18-10-6-5-9-15(18)20)19(24)17-13-16(21-22-17)14-7-3-2-4-8-14/h2-10,16-17,21-22H,11-13H2,1H3. The number of likely N-dealkylation sites (N-methyl/N-ethyl adjacent to an activating group) is 1. The Hall–Kier alpha value is -2.44. The van der Waals surface area contributed by atoms with E-state index in [4.69, 9.17) is 4.74 Å². The van der Waals surface area contributed by atoms with E-state index in [2.05, 4.69) is 10.9 Å². The SMILES string of the molecule is CN(CCOc1ccccc1F)C(=O)C1CC(c2ccccc2)NN1. The van der Waals surface area contributed by atoms with E-state index in [9.17, 15) is 9.18 Å². The molecule has 1 fully saturated rings. The van der Waals surface area contributed by atoms with Crippen molar-refractivity contribution in [3.8, 4) is 5.75 Å². The zero-order valence-electron chi connectivity index (χ0n) is 14.1. The Morgan fingerprint density at radius 3 is 2.64 bits per heavy atom. The van der Waals surface area contributed by atoms with Gasteiger partial charge in [0.05, 0.1) is 6.54 Å². The fourth-order valence-electron chi connectivity index (χ4n) is 2.85. The third-order valence-electron chi connectivity index (χ3n) is 4.30. The largest absolute Gasteiger partial charge is 0.489 e. The molecule has 0 aliphatic carbocycles. The number of amides is 1. The number of nitrogens with zero attached hydrogens (tertiary/aromatic N) is 1. The minimum absolute atomic E-state index is 0.0111. The average Bonchev–Trinajstić information content (AvgIpc) is 3.13. The van der Waals surface area contributed by atoms with Crippen LogP contribution in [0.1, 0.15) is 18.0 Å². The summed E-state index contributed by atoms with van der Waals surface area (Å²) in [5.74, 6) is -0.208. The van der Waals surface area contributed by atoms with E-state index in [1.165, 1.54) is 6.07 Å². The highest BCUT2D eigenvalue weighted by molar-refractivity contribution is 5.82. The molecule has 0 bridgehead atoms. The fraction of sp³-hybridized carbons (Fsp3) is 0.316. The summed E-state index contributed by atoms with van der Waals surface area (Å²) in [6.45, 7) is 0.632. The van der Waals surface area contributed by atoms with Crippen molar-refractivity contribution in [1.82, 2.24) is 15.8 Å². The van der Waals surface area contributed by atoms with Gasteiger partial charge in [0, 0.05) is 13.1 Å². The van der Waals surface area contributed by atoms with E-state index >= 15 is 0 Å². The Balaban J connectivity index is 1.47. The van der Waals surface area contributed by atoms with Crippen molar-refractivity contribution in [3.05, 3.63) is 66.0 Å². The number of hydrogen-bond donors (Lipinski definition) is 2. The maximum Gasteiger partial charge on any atom is 0.240 e. The van der Waals surface area contributed by atoms with Gasteiger partial charge in [0.15, 0.2) is 11.6 Å². The number of rotatable bonds is 6. The Bertz CT molecular complexity index is 711. The number of benzene rings is 2. The lowest BCUT2D eigenvalue weighted by atomic mass is 10.0. The van der Waals surface area contributed by atoms with Crippen molar-refractivity contribution in [2.45, 2.75) is 18.5 Å². The minimum atomic E-state index is -0.399. The highest BCUT2D eigenvalue weighted by Crippen LogP contribution is 2.22. The van der Waals surface area contributed by atoms with E-state index in [1.807, 2.05) is 30.3 Å². The predicted octanol–water partition coefficient (Wildman–Crippen LogP) is 2.27. The minimum Gasteiger partial charge on any atom is -0.489 e. The Labute approximate surface area is 146 Å². The molecule has 1 aliphatic rings. The van der Waals surface area contributed by atoms with Crippen LogP contribution in [-0.4, -0.2) is 37.0 Å². The van der Waals surface area contributed by atoms with Gasteiger partial charge in [-0.1, -0.05) is 42.5 Å². The average molecular weight is 343 g/mol. The van der Waals surface area contributed by atoms with Gasteiger partial charge in [0.1, 0.15) is 12.6 Å². The van der Waals surface area contributed by atoms with Crippen molar-refractivity contribution >= 4 is 5.91 Å². The van der Waals surface area contributed by atoms with E-state index in [0.29, 0.717) is 13.0 Å². The van der Waals surface area contributed by atoms with Gasteiger partial charge < -0.3 is 9.64 Å². The van der Waals surface area contributed by atoms with Crippen LogP contribution < -0.4 is 15.6 Å². The molecule has 6 heteroatoms. The number of carbonyl (C=O) groups is 1. The quantitative estimate of drug-likeness (QED) is 0.845. The number of ether oxygens (including phenoxy) is 1. The topological polar surface area (TPSA) is 53.6 Å². The lowest BCUT2D eigenvalue weighted by Gasteiger charge is -2.21. The monoisotopic (exact) mass is 343 g/mol. The molecular formula is C19H22FN3O2. The maximum absolute atomic E-state index is 13.5. The summed E-state index contributed by atoms with van der Waals surface area (Å²) < 4.78 is 18.9. The molecule has 1 saturated heterocycles. The van der Waals surface area contributed by atoms with Crippen LogP contribution in [0.25, 0.3) is 0 Å². The molecule has 1 heterocycles. The first-order valence-electron chi connectivity index (χ1n) is 8.33. The van der Waals surface area contributed by atoms with Crippen LogP contribution in [0, 0.1) is 5.82 Å². The molecule has 0 spiro atoms. The fourth-order valence-corrected chi connectivity index (χ4v) is 2.85. The van der Waals surface area contributed by atoms with Gasteiger partial charge in [-0.05, 0) is 24.1 Å². The predicted molar refractivity (Wildman–Crippen MR) is 93.4 cm³/mol. The van der Waals surface area contributed by atoms with Crippen LogP contribution in [-0.2, 0) is 4.79 Å². The summed E-state index contributed by atoms with van der Waals surface area (Å²) in [7, 11) is 1.73. The molecule has 3 rings (SSSR count). The number of hydrazine groups is 1. The van der Waals surface area contributed by atoms with Crippen molar-refractivity contribution in [2.75, 3.05) is 20.2 Å². The smallest absolute Gasteiger partial charge is 0.240 e. The number of para-hydroxylation sites is 1. The second-order valence-electron chi connectivity index (χ2n) is 6.08. The van der Waals surface area contributed by atoms with Crippen molar-refractivity contribution in [2.24, 2.45) is 0 Å². The summed E-state index contributed by atoms with van der Waals surface area (Å²) in [5.41, 5.74) is 7.38. The Morgan fingerprint density at radius 2 is 1.88 bits per heavy atom. The second-order valence-corrected chi connectivity index (χ2v) is 6.08. The van der Waals surface area contributed by atoms with Crippen LogP contribution in [0.4, 0.5) is 4.39 Å². The molecule has 1 aliphatic heterocycles. The molecule has 132 valence electrons. The van der Waals surface area contributed by atoms with Gasteiger partial charge >= 0.3 is 0 Å². The third-order valence-corrected chi connectivity index (χ3v) is 4.30. The number of halogens is 1. The zero-order chi connectivity index (χ0) is 17.6. The third kappa shape index (κ3) is 4.35. The molecule has 2 unspecified atom stereocenters. The lowest BCUT2D eigenvalue weighted by molar-refractivity contribution is -0.132. The second kappa shape index (κ2) is 8.09. The summed E-state index contributed by atoms with van der Waals surface area (Å²) in [5, 5.41) is 0. The van der Waals surface area contributed by atoms with Gasteiger partial charge in [-0.15, -0.1) is 0 Å². The number of hydrogen-bond acceptors (Lipinski definition) is 4. The molecule has 2 aromatic carbocycles. The summed E-state index contributed by atoms with van der Waals surface area (Å²) in [4.78, 5) is 14.1. The number of nitrogens with one attached hydrogen (secondary N) is 2. The molecule has 0 aromatic heterocycles. The number of carbonyl (C=O) groups excluding carboxylic acids is 1. The molecular weight excluding hydrogens is 321 g/mol. The summed E-state index contributed by atoms with van der Waals surface area (Å²) in [6, 6.07) is 16.1. The van der Waals surface area contributed by atoms with Gasteiger partial charge in [-0.2, -0.15) is 0 Å². The lowest BCUT2D eigenvalue weighted by Crippen LogP contribution is -2.45. The van der Waals surface area contributed by atoms with E-state index < -0.39 is 5.82 Å². The van der Waals surface area contributed by atoms with E-state index in [0.717, 1.165) is 5.56 Å².